The van der Waals surface area contributed by atoms with Crippen molar-refractivity contribution in [1.82, 2.24) is 5.32 Å². The van der Waals surface area contributed by atoms with Crippen molar-refractivity contribution in [2.24, 2.45) is 0 Å². The molecule has 1 aliphatic heterocycles. The van der Waals surface area contributed by atoms with Gasteiger partial charge in [0.1, 0.15) is 6.04 Å². The van der Waals surface area contributed by atoms with Crippen LogP contribution in [-0.2, 0) is 4.74 Å². The minimum atomic E-state index is -0.0799. The highest BCUT2D eigenvalue weighted by Crippen LogP contribution is 1.88. The van der Waals surface area contributed by atoms with Gasteiger partial charge in [-0.1, -0.05) is 0 Å². The van der Waals surface area contributed by atoms with Gasteiger partial charge in [-0.3, -0.25) is 5.32 Å². The molecule has 1 aliphatic rings. The predicted molar refractivity (Wildman–Crippen MR) is 28.2 cm³/mol. The quantitative estimate of drug-likeness (QED) is 0.459. The lowest BCUT2D eigenvalue weighted by atomic mass is 10.3. The highest BCUT2D eigenvalue weighted by Gasteiger charge is 2.09. The molecular weight excluding hydrogens is 104 g/mol. The molecule has 0 spiro atoms. The third-order valence-corrected chi connectivity index (χ3v) is 1.08. The van der Waals surface area contributed by atoms with Gasteiger partial charge in [-0.05, 0) is 0 Å². The van der Waals surface area contributed by atoms with Gasteiger partial charge < -0.3 is 4.74 Å². The molecule has 0 radical (unpaired) electrons. The maximum Gasteiger partial charge on any atom is 0.119 e. The average Bonchev–Trinajstić information content (AvgIpc) is 1.90. The number of rotatable bonds is 0. The molecule has 44 valence electrons. The van der Waals surface area contributed by atoms with Crippen molar-refractivity contribution < 1.29 is 4.74 Å². The number of hydrogen-bond acceptors (Lipinski definition) is 3. The first-order valence-electron chi connectivity index (χ1n) is 2.64. The molecule has 1 fully saturated rings. The van der Waals surface area contributed by atoms with Crippen LogP contribution in [0, 0.1) is 11.3 Å². The van der Waals surface area contributed by atoms with Crippen molar-refractivity contribution in [3.8, 4) is 6.07 Å². The Hall–Kier alpha value is -0.590. The molecule has 1 heterocycles. The molecule has 8 heavy (non-hydrogen) atoms. The smallest absolute Gasteiger partial charge is 0.119 e. The third kappa shape index (κ3) is 1.19. The molecular formula is C5H8N2O. The summed E-state index contributed by atoms with van der Waals surface area (Å²) in [5.41, 5.74) is 0. The predicted octanol–water partition coefficient (Wildman–Crippen LogP) is -0.502. The van der Waals surface area contributed by atoms with Gasteiger partial charge in [-0.25, -0.2) is 0 Å². The Morgan fingerprint density at radius 3 is 3.00 bits per heavy atom. The second kappa shape index (κ2) is 2.65. The summed E-state index contributed by atoms with van der Waals surface area (Å²) >= 11 is 0. The Morgan fingerprint density at radius 1 is 1.75 bits per heavy atom. The van der Waals surface area contributed by atoms with Crippen LogP contribution in [0.25, 0.3) is 0 Å². The summed E-state index contributed by atoms with van der Waals surface area (Å²) in [7, 11) is 0. The van der Waals surface area contributed by atoms with Crippen molar-refractivity contribution in [2.75, 3.05) is 19.8 Å². The van der Waals surface area contributed by atoms with Crippen LogP contribution in [-0.4, -0.2) is 25.8 Å². The van der Waals surface area contributed by atoms with E-state index in [0.29, 0.717) is 6.61 Å². The number of nitrogens with zero attached hydrogens (tertiary/aromatic N) is 1. The molecule has 0 amide bonds. The number of hydrogen-bond donors (Lipinski definition) is 1. The van der Waals surface area contributed by atoms with Crippen molar-refractivity contribution in [3.63, 3.8) is 0 Å². The number of nitriles is 1. The van der Waals surface area contributed by atoms with E-state index in [1.54, 1.807) is 0 Å². The van der Waals surface area contributed by atoms with Gasteiger partial charge in [0.2, 0.25) is 0 Å². The van der Waals surface area contributed by atoms with E-state index in [2.05, 4.69) is 11.4 Å². The average molecular weight is 112 g/mol. The highest BCUT2D eigenvalue weighted by atomic mass is 16.5. The summed E-state index contributed by atoms with van der Waals surface area (Å²) in [5, 5.41) is 11.3. The molecule has 0 aromatic heterocycles. The molecule has 0 saturated carbocycles. The number of nitrogens with one attached hydrogen (secondary N) is 1. The van der Waals surface area contributed by atoms with Gasteiger partial charge in [0.05, 0.1) is 19.3 Å². The first-order chi connectivity index (χ1) is 3.93. The zero-order valence-electron chi connectivity index (χ0n) is 4.55. The topological polar surface area (TPSA) is 45.0 Å². The third-order valence-electron chi connectivity index (χ3n) is 1.08. The van der Waals surface area contributed by atoms with E-state index in [1.807, 2.05) is 0 Å². The monoisotopic (exact) mass is 112 g/mol. The first-order valence-corrected chi connectivity index (χ1v) is 2.64. The molecule has 1 saturated heterocycles. The minimum Gasteiger partial charge on any atom is -0.377 e. The van der Waals surface area contributed by atoms with Gasteiger partial charge in [0.15, 0.2) is 0 Å². The van der Waals surface area contributed by atoms with Crippen LogP contribution in [0.3, 0.4) is 0 Å². The highest BCUT2D eigenvalue weighted by molar-refractivity contribution is 4.90. The fourth-order valence-electron chi connectivity index (χ4n) is 0.648. The summed E-state index contributed by atoms with van der Waals surface area (Å²) in [6.45, 7) is 2.08. The zero-order chi connectivity index (χ0) is 5.82. The van der Waals surface area contributed by atoms with E-state index in [-0.39, 0.29) is 6.04 Å². The number of ether oxygens (including phenoxy) is 1. The second-order valence-electron chi connectivity index (χ2n) is 1.71. The molecule has 1 N–H and O–H groups in total. The molecule has 1 atom stereocenters. The standard InChI is InChI=1S/C5H8N2O/c6-3-5-4-8-2-1-7-5/h5,7H,1-2,4H2. The van der Waals surface area contributed by atoms with Gasteiger partial charge in [0, 0.05) is 6.54 Å². The van der Waals surface area contributed by atoms with Gasteiger partial charge >= 0.3 is 0 Å². The normalized spacial score (nSPS) is 29.1. The lowest BCUT2D eigenvalue weighted by molar-refractivity contribution is 0.0920. The molecule has 0 aliphatic carbocycles. The van der Waals surface area contributed by atoms with Crippen LogP contribution in [0.1, 0.15) is 0 Å². The van der Waals surface area contributed by atoms with Crippen molar-refractivity contribution in [2.45, 2.75) is 6.04 Å². The molecule has 3 nitrogen and oxygen atoms in total. The van der Waals surface area contributed by atoms with E-state index in [1.165, 1.54) is 0 Å². The van der Waals surface area contributed by atoms with E-state index >= 15 is 0 Å². The minimum absolute atomic E-state index is 0.0799. The fourth-order valence-corrected chi connectivity index (χ4v) is 0.648. The Balaban J connectivity index is 2.25. The zero-order valence-corrected chi connectivity index (χ0v) is 4.55. The van der Waals surface area contributed by atoms with Crippen molar-refractivity contribution >= 4 is 0 Å². The summed E-state index contributed by atoms with van der Waals surface area (Å²) < 4.78 is 4.99. The van der Waals surface area contributed by atoms with E-state index in [9.17, 15) is 0 Å². The summed E-state index contributed by atoms with van der Waals surface area (Å²) in [5.74, 6) is 0. The van der Waals surface area contributed by atoms with Crippen LogP contribution >= 0.6 is 0 Å². The van der Waals surface area contributed by atoms with Crippen LogP contribution < -0.4 is 5.32 Å². The van der Waals surface area contributed by atoms with Crippen LogP contribution in [0.5, 0.6) is 0 Å². The van der Waals surface area contributed by atoms with Crippen molar-refractivity contribution in [1.29, 1.82) is 5.26 Å². The summed E-state index contributed by atoms with van der Waals surface area (Å²) in [6.07, 6.45) is 0. The Bertz CT molecular complexity index is 101. The molecule has 1 rings (SSSR count). The van der Waals surface area contributed by atoms with Gasteiger partial charge in [-0.15, -0.1) is 0 Å². The maximum absolute atomic E-state index is 8.30. The molecule has 0 aromatic carbocycles. The second-order valence-corrected chi connectivity index (χ2v) is 1.71. The summed E-state index contributed by atoms with van der Waals surface area (Å²) in [4.78, 5) is 0. The Labute approximate surface area is 48.2 Å². The Kier molecular flexibility index (Phi) is 1.84. The SMILES string of the molecule is N#CC1COCCN1. The Morgan fingerprint density at radius 2 is 2.62 bits per heavy atom. The van der Waals surface area contributed by atoms with Crippen LogP contribution in [0.4, 0.5) is 0 Å². The number of morpholine rings is 1. The lowest BCUT2D eigenvalue weighted by Crippen LogP contribution is -2.39. The molecule has 0 bridgehead atoms. The van der Waals surface area contributed by atoms with E-state index in [0.717, 1.165) is 13.2 Å². The van der Waals surface area contributed by atoms with E-state index < -0.39 is 0 Å². The largest absolute Gasteiger partial charge is 0.377 e. The van der Waals surface area contributed by atoms with E-state index in [4.69, 9.17) is 10.00 Å². The summed E-state index contributed by atoms with van der Waals surface area (Å²) in [6, 6.07) is 1.99. The van der Waals surface area contributed by atoms with Crippen molar-refractivity contribution in [3.05, 3.63) is 0 Å². The molecule has 0 aromatic rings. The van der Waals surface area contributed by atoms with Gasteiger partial charge in [-0.2, -0.15) is 5.26 Å². The fraction of sp³-hybridized carbons (Fsp3) is 0.800. The van der Waals surface area contributed by atoms with Gasteiger partial charge in [0.25, 0.3) is 0 Å². The lowest BCUT2D eigenvalue weighted by Gasteiger charge is -2.16. The van der Waals surface area contributed by atoms with Crippen LogP contribution in [0.2, 0.25) is 0 Å². The van der Waals surface area contributed by atoms with Crippen LogP contribution in [0.15, 0.2) is 0 Å². The molecule has 3 heteroatoms. The first kappa shape index (κ1) is 5.54. The molecule has 1 unspecified atom stereocenters. The maximum atomic E-state index is 8.30.